The Labute approximate surface area is 264 Å². The number of carbonyl (C=O) groups is 2. The highest BCUT2D eigenvalue weighted by Gasteiger charge is 2.37. The van der Waals surface area contributed by atoms with Crippen molar-refractivity contribution in [2.45, 2.75) is 88.1 Å². The molecule has 0 saturated carbocycles. The topological polar surface area (TPSA) is 138 Å². The first-order valence-electron chi connectivity index (χ1n) is 14.7. The Morgan fingerprint density at radius 2 is 1.84 bits per heavy atom. The zero-order chi connectivity index (χ0) is 32.1. The van der Waals surface area contributed by atoms with Crippen molar-refractivity contribution in [1.29, 1.82) is 0 Å². The van der Waals surface area contributed by atoms with Gasteiger partial charge in [-0.1, -0.05) is 48.2 Å². The van der Waals surface area contributed by atoms with Crippen LogP contribution in [0.25, 0.3) is 4.91 Å². The maximum Gasteiger partial charge on any atom is 0.407 e. The van der Waals surface area contributed by atoms with Crippen molar-refractivity contribution < 1.29 is 27.5 Å². The number of sulfonamides is 1. The minimum absolute atomic E-state index is 0.0681. The molecular formula is C31H43N5O6S2. The van der Waals surface area contributed by atoms with Gasteiger partial charge in [-0.2, -0.15) is 0 Å². The van der Waals surface area contributed by atoms with Crippen LogP contribution >= 0.6 is 11.8 Å². The lowest BCUT2D eigenvalue weighted by Gasteiger charge is -2.35. The summed E-state index contributed by atoms with van der Waals surface area (Å²) in [5.41, 5.74) is 1.11. The van der Waals surface area contributed by atoms with Crippen LogP contribution in [0.15, 0.2) is 59.6 Å². The maximum absolute atomic E-state index is 13.7. The Morgan fingerprint density at radius 3 is 2.48 bits per heavy atom. The monoisotopic (exact) mass is 645 g/mol. The van der Waals surface area contributed by atoms with E-state index in [9.17, 15) is 18.0 Å². The number of hydrogen-bond donors (Lipinski definition) is 4. The van der Waals surface area contributed by atoms with E-state index in [0.717, 1.165) is 16.9 Å². The number of nitrogens with zero attached hydrogens (tertiary/aromatic N) is 1. The lowest BCUT2D eigenvalue weighted by molar-refractivity contribution is -0.0200. The highest BCUT2D eigenvalue weighted by Crippen LogP contribution is 2.44. The van der Waals surface area contributed by atoms with Gasteiger partial charge in [0.05, 0.1) is 29.8 Å². The first-order valence-corrected chi connectivity index (χ1v) is 17.0. The van der Waals surface area contributed by atoms with Crippen molar-refractivity contribution in [2.24, 2.45) is 0 Å². The summed E-state index contributed by atoms with van der Waals surface area (Å²) in [7, 11) is -2.03. The molecule has 0 aliphatic carbocycles. The van der Waals surface area contributed by atoms with Crippen LogP contribution in [0.4, 0.5) is 15.3 Å². The van der Waals surface area contributed by atoms with Gasteiger partial charge in [-0.05, 0) is 65.2 Å². The second-order valence-corrected chi connectivity index (χ2v) is 15.1. The molecule has 2 aromatic carbocycles. The van der Waals surface area contributed by atoms with Crippen LogP contribution in [0.5, 0.6) is 0 Å². The van der Waals surface area contributed by atoms with Gasteiger partial charge in [-0.3, -0.25) is 0 Å². The lowest BCUT2D eigenvalue weighted by Crippen LogP contribution is -2.47. The highest BCUT2D eigenvalue weighted by molar-refractivity contribution is 8.09. The molecule has 2 heterocycles. The van der Waals surface area contributed by atoms with Crippen LogP contribution in [0.2, 0.25) is 0 Å². The molecule has 1 unspecified atom stereocenters. The molecule has 0 spiro atoms. The van der Waals surface area contributed by atoms with E-state index < -0.39 is 27.7 Å². The van der Waals surface area contributed by atoms with Crippen molar-refractivity contribution in [3.63, 3.8) is 0 Å². The lowest BCUT2D eigenvalue weighted by atomic mass is 10.0. The number of anilines is 1. The number of carbonyl (C=O) groups excluding carboxylic acids is 2. The van der Waals surface area contributed by atoms with Crippen LogP contribution in [-0.4, -0.2) is 68.3 Å². The Morgan fingerprint density at radius 1 is 1.11 bits per heavy atom. The molecule has 11 nitrogen and oxygen atoms in total. The predicted molar refractivity (Wildman–Crippen MR) is 173 cm³/mol. The summed E-state index contributed by atoms with van der Waals surface area (Å²) in [6.07, 6.45) is 2.60. The third kappa shape index (κ3) is 9.37. The van der Waals surface area contributed by atoms with Gasteiger partial charge in [-0.25, -0.2) is 22.7 Å². The minimum atomic E-state index is -3.96. The van der Waals surface area contributed by atoms with Crippen molar-refractivity contribution in [1.82, 2.24) is 20.3 Å². The molecule has 2 aliphatic heterocycles. The molecule has 3 amide bonds. The van der Waals surface area contributed by atoms with Crippen LogP contribution in [0, 0.1) is 0 Å². The molecular weight excluding hydrogens is 603 g/mol. The van der Waals surface area contributed by atoms with Crippen molar-refractivity contribution in [3.05, 3.63) is 65.9 Å². The Bertz CT molecular complexity index is 1450. The van der Waals surface area contributed by atoms with E-state index in [1.165, 1.54) is 17.8 Å². The summed E-state index contributed by atoms with van der Waals surface area (Å²) in [5, 5.41) is 8.34. The van der Waals surface area contributed by atoms with E-state index in [2.05, 4.69) is 20.7 Å². The van der Waals surface area contributed by atoms with Crippen LogP contribution < -0.4 is 20.7 Å². The standard InChI is InChI=1S/C31H43N5O6S2/c1-20(2)42-30(38)34-23-13-15-25(41-19-23)28-36(6)18-26(43-28)24-14-12-22(16-27(24)44(39,40)35-31(3,4)5)33-29(37)32-17-21-10-8-7-9-11-21/h7-12,14,16,18,20,23,25,28,35H,13,15,17,19H2,1-6H3,(H,34,38)(H2,32,33,37)/t23-,25+,28?/m1/s1. The molecule has 13 heteroatoms. The summed E-state index contributed by atoms with van der Waals surface area (Å²) < 4.78 is 41.4. The molecule has 3 atom stereocenters. The fourth-order valence-corrected chi connectivity index (χ4v) is 8.05. The highest BCUT2D eigenvalue weighted by atomic mass is 32.2. The van der Waals surface area contributed by atoms with Gasteiger partial charge in [0.15, 0.2) is 0 Å². The van der Waals surface area contributed by atoms with Crippen LogP contribution in [0.3, 0.4) is 0 Å². The second kappa shape index (κ2) is 14.2. The molecule has 2 aliphatic rings. The Kier molecular flexibility index (Phi) is 10.9. The zero-order valence-corrected chi connectivity index (χ0v) is 27.7. The normalized spacial score (nSPS) is 20.7. The number of hydrogen-bond acceptors (Lipinski definition) is 8. The van der Waals surface area contributed by atoms with E-state index in [1.54, 1.807) is 46.8 Å². The van der Waals surface area contributed by atoms with Gasteiger partial charge >= 0.3 is 12.1 Å². The number of likely N-dealkylation sites (N-methyl/N-ethyl adjacent to an activating group) is 1. The zero-order valence-electron chi connectivity index (χ0n) is 26.0. The number of nitrogens with one attached hydrogen (secondary N) is 4. The quantitative estimate of drug-likeness (QED) is 0.297. The molecule has 4 rings (SSSR count). The molecule has 240 valence electrons. The number of amides is 3. The Balaban J connectivity index is 1.48. The smallest absolute Gasteiger partial charge is 0.407 e. The average molecular weight is 646 g/mol. The first kappa shape index (κ1) is 33.6. The number of alkyl carbamates (subject to hydrolysis) is 1. The maximum atomic E-state index is 13.7. The van der Waals surface area contributed by atoms with Gasteiger partial charge < -0.3 is 30.3 Å². The number of ether oxygens (including phenoxy) is 2. The van der Waals surface area contributed by atoms with Crippen molar-refractivity contribution >= 4 is 44.5 Å². The molecule has 2 aromatic rings. The summed E-state index contributed by atoms with van der Waals surface area (Å²) in [4.78, 5) is 27.5. The molecule has 1 saturated heterocycles. The number of thioether (sulfide) groups is 1. The molecule has 0 bridgehead atoms. The summed E-state index contributed by atoms with van der Waals surface area (Å²) in [6, 6.07) is 13.9. The van der Waals surface area contributed by atoms with Crippen molar-refractivity contribution in [2.75, 3.05) is 19.0 Å². The van der Waals surface area contributed by atoms with Crippen LogP contribution in [-0.2, 0) is 26.0 Å². The number of rotatable bonds is 9. The molecule has 0 radical (unpaired) electrons. The molecule has 1 fully saturated rings. The summed E-state index contributed by atoms with van der Waals surface area (Å²) >= 11 is 1.53. The van der Waals surface area contributed by atoms with Crippen LogP contribution in [0.1, 0.15) is 58.6 Å². The fraction of sp³-hybridized carbons (Fsp3) is 0.484. The third-order valence-electron chi connectivity index (χ3n) is 6.79. The largest absolute Gasteiger partial charge is 0.447 e. The van der Waals surface area contributed by atoms with Gasteiger partial charge in [0, 0.05) is 41.5 Å². The van der Waals surface area contributed by atoms with E-state index in [0.29, 0.717) is 30.8 Å². The van der Waals surface area contributed by atoms with Gasteiger partial charge in [0.2, 0.25) is 10.0 Å². The van der Waals surface area contributed by atoms with Crippen molar-refractivity contribution in [3.8, 4) is 0 Å². The molecule has 44 heavy (non-hydrogen) atoms. The minimum Gasteiger partial charge on any atom is -0.447 e. The van der Waals surface area contributed by atoms with Gasteiger partial charge in [-0.15, -0.1) is 0 Å². The van der Waals surface area contributed by atoms with Gasteiger partial charge in [0.1, 0.15) is 5.37 Å². The first-order chi connectivity index (χ1) is 20.7. The SMILES string of the molecule is CC(C)OC(=O)N[C@@H]1CC[C@@H](C2SC(c3ccc(NC(=O)NCc4ccccc4)cc3S(=O)(=O)NC(C)(C)C)=CN2C)OC1. The predicted octanol–water partition coefficient (Wildman–Crippen LogP) is 5.07. The van der Waals surface area contributed by atoms with E-state index in [-0.39, 0.29) is 28.5 Å². The summed E-state index contributed by atoms with van der Waals surface area (Å²) in [6.45, 7) is 9.63. The summed E-state index contributed by atoms with van der Waals surface area (Å²) in [5.74, 6) is 0. The number of urea groups is 1. The third-order valence-corrected chi connectivity index (χ3v) is 10.0. The van der Waals surface area contributed by atoms with E-state index in [1.807, 2.05) is 48.5 Å². The fourth-order valence-electron chi connectivity index (χ4n) is 4.94. The van der Waals surface area contributed by atoms with Gasteiger partial charge in [0.25, 0.3) is 0 Å². The Hall–Kier alpha value is -3.26. The van der Waals surface area contributed by atoms with E-state index in [4.69, 9.17) is 9.47 Å². The second-order valence-electron chi connectivity index (χ2n) is 12.3. The average Bonchev–Trinajstić information content (AvgIpc) is 3.32. The molecule has 0 aromatic heterocycles. The number of benzene rings is 2. The molecule has 4 N–H and O–H groups in total. The van der Waals surface area contributed by atoms with E-state index >= 15 is 0 Å².